The number of hydrogen-bond donors (Lipinski definition) is 1. The molecule has 1 aliphatic rings. The number of ether oxygens (including phenoxy) is 2. The highest BCUT2D eigenvalue weighted by Gasteiger charge is 2.24. The Labute approximate surface area is 168 Å². The maximum atomic E-state index is 12.5. The number of amides is 2. The van der Waals surface area contributed by atoms with Crippen molar-refractivity contribution >= 4 is 23.3 Å². The second kappa shape index (κ2) is 9.54. The summed E-state index contributed by atoms with van der Waals surface area (Å²) in [7, 11) is 0. The van der Waals surface area contributed by atoms with E-state index >= 15 is 0 Å². The zero-order valence-corrected chi connectivity index (χ0v) is 17.0. The van der Waals surface area contributed by atoms with Crippen LogP contribution in [0.2, 0.25) is 0 Å². The van der Waals surface area contributed by atoms with Gasteiger partial charge in [0.2, 0.25) is 0 Å². The number of hydrogen-bond acceptors (Lipinski definition) is 6. The van der Waals surface area contributed by atoms with E-state index in [9.17, 15) is 9.59 Å². The smallest absolute Gasteiger partial charge is 0.409 e. The third-order valence-corrected chi connectivity index (χ3v) is 5.35. The van der Waals surface area contributed by atoms with Gasteiger partial charge in [-0.1, -0.05) is 0 Å². The topological polar surface area (TPSA) is 80.8 Å². The first kappa shape index (κ1) is 20.1. The highest BCUT2D eigenvalue weighted by Crippen LogP contribution is 2.17. The van der Waals surface area contributed by atoms with Crippen molar-refractivity contribution in [3.63, 3.8) is 0 Å². The number of likely N-dealkylation sites (tertiary alicyclic amines) is 1. The van der Waals surface area contributed by atoms with Gasteiger partial charge < -0.3 is 19.7 Å². The van der Waals surface area contributed by atoms with Gasteiger partial charge in [0.25, 0.3) is 5.91 Å². The minimum atomic E-state index is -0.282. The van der Waals surface area contributed by atoms with Gasteiger partial charge in [0, 0.05) is 30.1 Å². The van der Waals surface area contributed by atoms with E-state index in [0.29, 0.717) is 37.6 Å². The van der Waals surface area contributed by atoms with E-state index in [1.165, 1.54) is 0 Å². The summed E-state index contributed by atoms with van der Waals surface area (Å²) in [4.78, 5) is 30.2. The van der Waals surface area contributed by atoms with Gasteiger partial charge in [-0.3, -0.25) is 4.79 Å². The van der Waals surface area contributed by atoms with Crippen molar-refractivity contribution in [3.05, 3.63) is 45.9 Å². The Kier molecular flexibility index (Phi) is 6.86. The zero-order valence-electron chi connectivity index (χ0n) is 16.1. The summed E-state index contributed by atoms with van der Waals surface area (Å²) in [6.07, 6.45) is 1.16. The normalized spacial score (nSPS) is 14.6. The van der Waals surface area contributed by atoms with Crippen molar-refractivity contribution in [2.75, 3.05) is 19.7 Å². The molecule has 0 radical (unpaired) electrons. The third-order valence-electron chi connectivity index (χ3n) is 4.53. The molecule has 1 aliphatic heterocycles. The second-order valence-corrected chi connectivity index (χ2v) is 7.67. The SMILES string of the molecule is CCOC(=O)N1CCC(NC(=O)c2ccc(OCc3csc(C)n3)cc2)CC1. The molecule has 0 saturated carbocycles. The van der Waals surface area contributed by atoms with Crippen LogP contribution in [-0.4, -0.2) is 47.6 Å². The van der Waals surface area contributed by atoms with E-state index in [1.54, 1.807) is 47.4 Å². The molecule has 0 atom stereocenters. The summed E-state index contributed by atoms with van der Waals surface area (Å²) in [5.41, 5.74) is 1.49. The molecule has 1 aromatic carbocycles. The predicted molar refractivity (Wildman–Crippen MR) is 107 cm³/mol. The molecular formula is C20H25N3O4S. The van der Waals surface area contributed by atoms with Gasteiger partial charge >= 0.3 is 6.09 Å². The summed E-state index contributed by atoms with van der Waals surface area (Å²) in [5.74, 6) is 0.584. The summed E-state index contributed by atoms with van der Waals surface area (Å²) >= 11 is 1.59. The first-order chi connectivity index (χ1) is 13.5. The second-order valence-electron chi connectivity index (χ2n) is 6.60. The van der Waals surface area contributed by atoms with Crippen molar-refractivity contribution in [1.29, 1.82) is 0 Å². The summed E-state index contributed by atoms with van der Waals surface area (Å²) < 4.78 is 10.7. The maximum absolute atomic E-state index is 12.5. The van der Waals surface area contributed by atoms with E-state index < -0.39 is 0 Å². The molecule has 1 aromatic heterocycles. The lowest BCUT2D eigenvalue weighted by atomic mass is 10.0. The number of piperidine rings is 1. The van der Waals surface area contributed by atoms with Gasteiger partial charge in [-0.05, 0) is 51.0 Å². The third kappa shape index (κ3) is 5.45. The fourth-order valence-corrected chi connectivity index (χ4v) is 3.62. The number of nitrogens with zero attached hydrogens (tertiary/aromatic N) is 2. The first-order valence-electron chi connectivity index (χ1n) is 9.41. The van der Waals surface area contributed by atoms with Gasteiger partial charge in [0.15, 0.2) is 0 Å². The lowest BCUT2D eigenvalue weighted by Gasteiger charge is -2.31. The van der Waals surface area contributed by atoms with Crippen LogP contribution in [0.4, 0.5) is 4.79 Å². The van der Waals surface area contributed by atoms with Crippen molar-refractivity contribution < 1.29 is 19.1 Å². The first-order valence-corrected chi connectivity index (χ1v) is 10.3. The Balaban J connectivity index is 1.45. The number of carbonyl (C=O) groups is 2. The van der Waals surface area contributed by atoms with E-state index in [0.717, 1.165) is 23.5 Å². The van der Waals surface area contributed by atoms with Crippen LogP contribution in [0.1, 0.15) is 40.8 Å². The maximum Gasteiger partial charge on any atom is 0.409 e. The molecule has 0 bridgehead atoms. The molecule has 3 rings (SSSR count). The molecule has 7 nitrogen and oxygen atoms in total. The number of carbonyl (C=O) groups excluding carboxylic acids is 2. The van der Waals surface area contributed by atoms with Crippen LogP contribution >= 0.6 is 11.3 Å². The highest BCUT2D eigenvalue weighted by molar-refractivity contribution is 7.09. The Morgan fingerprint density at radius 3 is 2.57 bits per heavy atom. The van der Waals surface area contributed by atoms with Gasteiger partial charge in [-0.2, -0.15) is 0 Å². The summed E-state index contributed by atoms with van der Waals surface area (Å²) in [6.45, 7) is 5.72. The van der Waals surface area contributed by atoms with E-state index in [4.69, 9.17) is 9.47 Å². The quantitative estimate of drug-likeness (QED) is 0.800. The van der Waals surface area contributed by atoms with Gasteiger partial charge in [-0.25, -0.2) is 9.78 Å². The monoisotopic (exact) mass is 403 g/mol. The number of thiazole rings is 1. The average Bonchev–Trinajstić information content (AvgIpc) is 3.13. The van der Waals surface area contributed by atoms with Crippen LogP contribution in [0.25, 0.3) is 0 Å². The lowest BCUT2D eigenvalue weighted by molar-refractivity contribution is 0.0860. The summed E-state index contributed by atoms with van der Waals surface area (Å²) in [6, 6.07) is 7.15. The number of benzene rings is 1. The van der Waals surface area contributed by atoms with Crippen molar-refractivity contribution in [3.8, 4) is 5.75 Å². The van der Waals surface area contributed by atoms with Gasteiger partial charge in [0.05, 0.1) is 17.3 Å². The van der Waals surface area contributed by atoms with Crippen molar-refractivity contribution in [2.45, 2.75) is 39.3 Å². The molecule has 150 valence electrons. The molecule has 0 aliphatic carbocycles. The molecule has 0 spiro atoms. The fraction of sp³-hybridized carbons (Fsp3) is 0.450. The van der Waals surface area contributed by atoms with Gasteiger partial charge in [0.1, 0.15) is 12.4 Å². The largest absolute Gasteiger partial charge is 0.487 e. The fourth-order valence-electron chi connectivity index (χ4n) is 3.02. The summed E-state index contributed by atoms with van der Waals surface area (Å²) in [5, 5.41) is 6.03. The highest BCUT2D eigenvalue weighted by atomic mass is 32.1. The molecule has 1 N–H and O–H groups in total. The minimum absolute atomic E-state index is 0.0574. The van der Waals surface area contributed by atoms with Crippen LogP contribution in [-0.2, 0) is 11.3 Å². The standard InChI is InChI=1S/C20H25N3O4S/c1-3-26-20(25)23-10-8-16(9-11-23)22-19(24)15-4-6-18(7-5-15)27-12-17-13-28-14(2)21-17/h4-7,13,16H,3,8-12H2,1-2H3,(H,22,24). The van der Waals surface area contributed by atoms with Crippen molar-refractivity contribution in [1.82, 2.24) is 15.2 Å². The molecule has 1 saturated heterocycles. The molecule has 2 amide bonds. The Morgan fingerprint density at radius 1 is 1.25 bits per heavy atom. The minimum Gasteiger partial charge on any atom is -0.487 e. The van der Waals surface area contributed by atoms with Crippen LogP contribution in [0.5, 0.6) is 5.75 Å². The van der Waals surface area contributed by atoms with E-state index in [-0.39, 0.29) is 18.0 Å². The van der Waals surface area contributed by atoms with Crippen LogP contribution in [0, 0.1) is 6.92 Å². The molecular weight excluding hydrogens is 378 g/mol. The van der Waals surface area contributed by atoms with Crippen LogP contribution < -0.4 is 10.1 Å². The number of aromatic nitrogens is 1. The Hall–Kier alpha value is -2.61. The van der Waals surface area contributed by atoms with Crippen LogP contribution in [0.15, 0.2) is 29.6 Å². The molecule has 0 unspecified atom stereocenters. The number of nitrogens with one attached hydrogen (secondary N) is 1. The van der Waals surface area contributed by atoms with E-state index in [2.05, 4.69) is 10.3 Å². The molecule has 8 heteroatoms. The molecule has 1 fully saturated rings. The van der Waals surface area contributed by atoms with Crippen LogP contribution in [0.3, 0.4) is 0 Å². The molecule has 2 aromatic rings. The Morgan fingerprint density at radius 2 is 1.96 bits per heavy atom. The Bertz CT molecular complexity index is 798. The zero-order chi connectivity index (χ0) is 19.9. The molecule has 28 heavy (non-hydrogen) atoms. The number of aryl methyl sites for hydroxylation is 1. The predicted octanol–water partition coefficient (Wildman–Crippen LogP) is 3.38. The van der Waals surface area contributed by atoms with Crippen molar-refractivity contribution in [2.24, 2.45) is 0 Å². The average molecular weight is 404 g/mol. The van der Waals surface area contributed by atoms with E-state index in [1.807, 2.05) is 12.3 Å². The lowest BCUT2D eigenvalue weighted by Crippen LogP contribution is -2.46. The molecule has 2 heterocycles. The number of rotatable bonds is 6. The van der Waals surface area contributed by atoms with Gasteiger partial charge in [-0.15, -0.1) is 11.3 Å².